The van der Waals surface area contributed by atoms with Gasteiger partial charge in [0.2, 0.25) is 0 Å². The molecule has 0 radical (unpaired) electrons. The van der Waals surface area contributed by atoms with Crippen molar-refractivity contribution in [3.05, 3.63) is 241 Å². The second kappa shape index (κ2) is 13.0. The third-order valence-corrected chi connectivity index (χ3v) is 13.3. The number of hydrogen-bond acceptors (Lipinski definition) is 2. The van der Waals surface area contributed by atoms with Crippen LogP contribution >= 0.6 is 0 Å². The molecule has 0 unspecified atom stereocenters. The highest BCUT2D eigenvalue weighted by Crippen LogP contribution is 2.63. The van der Waals surface area contributed by atoms with Crippen molar-refractivity contribution < 1.29 is 0 Å². The third kappa shape index (κ3) is 4.85. The quantitative estimate of drug-likeness (QED) is 0.167. The van der Waals surface area contributed by atoms with E-state index in [2.05, 4.69) is 194 Å². The van der Waals surface area contributed by atoms with E-state index in [1.807, 2.05) is 24.3 Å². The van der Waals surface area contributed by atoms with Crippen molar-refractivity contribution in [3.8, 4) is 67.3 Å². The summed E-state index contributed by atoms with van der Waals surface area (Å²) in [6.45, 7) is 0. The minimum absolute atomic E-state index is 0.364. The summed E-state index contributed by atoms with van der Waals surface area (Å²) >= 11 is 0. The summed E-state index contributed by atoms with van der Waals surface area (Å²) in [5, 5.41) is 7.42. The first-order chi connectivity index (χ1) is 30.3. The molecular weight excluding hydrogens is 737 g/mol. The largest absolute Gasteiger partial charge is 0.228 e. The van der Waals surface area contributed by atoms with Crippen LogP contribution < -0.4 is 0 Å². The average Bonchev–Trinajstić information content (AvgIpc) is 3.81. The van der Waals surface area contributed by atoms with E-state index in [0.29, 0.717) is 5.82 Å². The first-order valence-corrected chi connectivity index (χ1v) is 21.1. The van der Waals surface area contributed by atoms with Crippen molar-refractivity contribution in [2.75, 3.05) is 0 Å². The van der Waals surface area contributed by atoms with E-state index in [4.69, 9.17) is 9.97 Å². The normalized spacial score (nSPS) is 13.0. The van der Waals surface area contributed by atoms with E-state index in [1.54, 1.807) is 0 Å². The Kier molecular flexibility index (Phi) is 7.26. The van der Waals surface area contributed by atoms with E-state index in [0.717, 1.165) is 28.1 Å². The number of fused-ring (bicyclic) bond motifs is 16. The van der Waals surface area contributed by atoms with Gasteiger partial charge in [0.15, 0.2) is 5.82 Å². The molecule has 282 valence electrons. The van der Waals surface area contributed by atoms with Gasteiger partial charge in [0.05, 0.1) is 16.8 Å². The topological polar surface area (TPSA) is 25.8 Å². The summed E-state index contributed by atoms with van der Waals surface area (Å²) in [6.07, 6.45) is 0. The van der Waals surface area contributed by atoms with Crippen molar-refractivity contribution in [2.24, 2.45) is 0 Å². The number of nitrogens with zero attached hydrogens (tertiary/aromatic N) is 2. The van der Waals surface area contributed by atoms with Gasteiger partial charge in [-0.1, -0.05) is 200 Å². The molecule has 0 aliphatic heterocycles. The zero-order chi connectivity index (χ0) is 40.1. The monoisotopic (exact) mass is 772 g/mol. The van der Waals surface area contributed by atoms with Gasteiger partial charge in [-0.3, -0.25) is 0 Å². The Bertz CT molecular complexity index is 3480. The Morgan fingerprint density at radius 2 is 0.738 bits per heavy atom. The summed E-state index contributed by atoms with van der Waals surface area (Å²) in [6, 6.07) is 79.8. The standard InChI is InChI=1S/C59H36N2/c1-3-16-37(17-4-1)55-36-56(61-58(60-55)38-18-5-2-6-19-38)40-30-32-48-49(35-40)43-21-8-7-20-42(43)47-26-15-25-41(57(47)48)39-31-33-54-50(34-39)46-24-11-14-29-53(46)59(54)51-27-12-9-22-44(51)45-23-10-13-28-52(45)59/h1-36H. The zero-order valence-corrected chi connectivity index (χ0v) is 33.2. The van der Waals surface area contributed by atoms with Crippen LogP contribution in [0.2, 0.25) is 0 Å². The first-order valence-electron chi connectivity index (χ1n) is 21.1. The van der Waals surface area contributed by atoms with Crippen LogP contribution in [0.3, 0.4) is 0 Å². The van der Waals surface area contributed by atoms with Crippen LogP contribution in [0.1, 0.15) is 22.3 Å². The molecule has 2 heteroatoms. The lowest BCUT2D eigenvalue weighted by atomic mass is 9.70. The lowest BCUT2D eigenvalue weighted by Gasteiger charge is -2.30. The molecule has 61 heavy (non-hydrogen) atoms. The van der Waals surface area contributed by atoms with Gasteiger partial charge in [0.1, 0.15) is 0 Å². The summed E-state index contributed by atoms with van der Waals surface area (Å²) < 4.78 is 0. The van der Waals surface area contributed by atoms with Crippen molar-refractivity contribution in [2.45, 2.75) is 5.41 Å². The number of aromatic nitrogens is 2. The molecule has 2 nitrogen and oxygen atoms in total. The Balaban J connectivity index is 1.04. The van der Waals surface area contributed by atoms with Gasteiger partial charge in [-0.2, -0.15) is 0 Å². The number of rotatable bonds is 4. The molecule has 1 spiro atoms. The van der Waals surface area contributed by atoms with E-state index in [1.165, 1.54) is 88.0 Å². The van der Waals surface area contributed by atoms with Crippen molar-refractivity contribution in [3.63, 3.8) is 0 Å². The van der Waals surface area contributed by atoms with Crippen LogP contribution in [0.15, 0.2) is 218 Å². The van der Waals surface area contributed by atoms with Crippen LogP contribution in [-0.4, -0.2) is 9.97 Å². The molecule has 1 heterocycles. The maximum absolute atomic E-state index is 5.21. The molecule has 0 atom stereocenters. The second-order valence-electron chi connectivity index (χ2n) is 16.4. The molecule has 0 bridgehead atoms. The number of hydrogen-bond donors (Lipinski definition) is 0. The number of benzene rings is 10. The lowest BCUT2D eigenvalue weighted by molar-refractivity contribution is 0.794. The van der Waals surface area contributed by atoms with Crippen LogP contribution in [0.25, 0.3) is 99.6 Å². The van der Waals surface area contributed by atoms with Crippen LogP contribution in [0, 0.1) is 0 Å². The van der Waals surface area contributed by atoms with Gasteiger partial charge < -0.3 is 0 Å². The van der Waals surface area contributed by atoms with Crippen molar-refractivity contribution in [1.29, 1.82) is 0 Å². The molecule has 10 aromatic carbocycles. The third-order valence-electron chi connectivity index (χ3n) is 13.3. The molecule has 2 aliphatic carbocycles. The summed E-state index contributed by atoms with van der Waals surface area (Å²) in [5.41, 5.74) is 17.7. The smallest absolute Gasteiger partial charge is 0.160 e. The van der Waals surface area contributed by atoms with Gasteiger partial charge in [0.25, 0.3) is 0 Å². The predicted octanol–water partition coefficient (Wildman–Crippen LogP) is 14.9. The molecule has 2 aliphatic rings. The van der Waals surface area contributed by atoms with Crippen LogP contribution in [0.4, 0.5) is 0 Å². The Hall–Kier alpha value is -7.94. The van der Waals surface area contributed by atoms with Crippen LogP contribution in [-0.2, 0) is 5.41 Å². The average molecular weight is 773 g/mol. The minimum Gasteiger partial charge on any atom is -0.228 e. The maximum atomic E-state index is 5.21. The SMILES string of the molecule is c1ccc(-c2cc(-c3ccc4c(c3)c3ccccc3c3cccc(-c5ccc6c(c5)-c5ccccc5C65c6ccccc6-c6ccccc65)c34)nc(-c3ccccc3)n2)cc1. The first kappa shape index (κ1) is 34.0. The van der Waals surface area contributed by atoms with Crippen molar-refractivity contribution >= 4 is 32.3 Å². The van der Waals surface area contributed by atoms with Gasteiger partial charge in [-0.25, -0.2) is 9.97 Å². The van der Waals surface area contributed by atoms with E-state index >= 15 is 0 Å². The second-order valence-corrected chi connectivity index (χ2v) is 16.4. The summed E-state index contributed by atoms with van der Waals surface area (Å²) in [7, 11) is 0. The predicted molar refractivity (Wildman–Crippen MR) is 253 cm³/mol. The van der Waals surface area contributed by atoms with E-state index in [-0.39, 0.29) is 5.41 Å². The Morgan fingerprint density at radius 1 is 0.262 bits per heavy atom. The molecule has 0 saturated heterocycles. The fraction of sp³-hybridized carbons (Fsp3) is 0.0169. The zero-order valence-electron chi connectivity index (χ0n) is 33.2. The van der Waals surface area contributed by atoms with E-state index in [9.17, 15) is 0 Å². The molecule has 13 rings (SSSR count). The molecule has 0 N–H and O–H groups in total. The Labute approximate surface area is 354 Å². The van der Waals surface area contributed by atoms with Crippen LogP contribution in [0.5, 0.6) is 0 Å². The highest BCUT2D eigenvalue weighted by atomic mass is 14.9. The Morgan fingerprint density at radius 3 is 1.41 bits per heavy atom. The van der Waals surface area contributed by atoms with Crippen molar-refractivity contribution in [1.82, 2.24) is 9.97 Å². The summed E-state index contributed by atoms with van der Waals surface area (Å²) in [5.74, 6) is 0.715. The van der Waals surface area contributed by atoms with E-state index < -0.39 is 0 Å². The highest BCUT2D eigenvalue weighted by molar-refractivity contribution is 6.29. The fourth-order valence-electron chi connectivity index (χ4n) is 10.7. The van der Waals surface area contributed by atoms with Gasteiger partial charge in [0, 0.05) is 16.7 Å². The minimum atomic E-state index is -0.364. The molecule has 0 amide bonds. The molecule has 0 saturated carbocycles. The van der Waals surface area contributed by atoms with Gasteiger partial charge in [-0.15, -0.1) is 0 Å². The van der Waals surface area contributed by atoms with Gasteiger partial charge in [-0.05, 0) is 106 Å². The lowest BCUT2D eigenvalue weighted by Crippen LogP contribution is -2.25. The molecule has 0 fully saturated rings. The highest BCUT2D eigenvalue weighted by Gasteiger charge is 2.51. The molecular formula is C59H36N2. The maximum Gasteiger partial charge on any atom is 0.160 e. The molecule has 1 aromatic heterocycles. The molecule has 11 aromatic rings. The fourth-order valence-corrected chi connectivity index (χ4v) is 10.7. The van der Waals surface area contributed by atoms with Gasteiger partial charge >= 0.3 is 0 Å². The summed E-state index contributed by atoms with van der Waals surface area (Å²) in [4.78, 5) is 10.3.